The molecule has 7 heteroatoms. The Hall–Kier alpha value is -2.96. The van der Waals surface area contributed by atoms with Gasteiger partial charge in [0.05, 0.1) is 22.9 Å². The van der Waals surface area contributed by atoms with Crippen LogP contribution in [0.25, 0.3) is 33.3 Å². The second-order valence-electron chi connectivity index (χ2n) is 9.25. The number of rotatable bonds is 4. The van der Waals surface area contributed by atoms with Crippen molar-refractivity contribution in [2.75, 3.05) is 0 Å². The van der Waals surface area contributed by atoms with Crippen molar-refractivity contribution in [1.82, 2.24) is 24.5 Å². The van der Waals surface area contributed by atoms with Crippen LogP contribution in [0.3, 0.4) is 0 Å². The van der Waals surface area contributed by atoms with Gasteiger partial charge in [0, 0.05) is 54.4 Å². The van der Waals surface area contributed by atoms with Crippen LogP contribution in [0.1, 0.15) is 44.1 Å². The highest BCUT2D eigenvalue weighted by Gasteiger charge is 2.31. The highest BCUT2D eigenvalue weighted by atomic mass is 19.1. The quantitative estimate of drug-likeness (QED) is 0.429. The number of aryl methyl sites for hydroxylation is 3. The van der Waals surface area contributed by atoms with E-state index in [1.807, 2.05) is 39.5 Å². The molecule has 0 saturated heterocycles. The normalized spacial score (nSPS) is 21.8. The molecule has 1 aliphatic rings. The first kappa shape index (κ1) is 20.0. The summed E-state index contributed by atoms with van der Waals surface area (Å²) in [5, 5.41) is 8.44. The molecule has 162 valence electrons. The topological polar surface area (TPSA) is 61.7 Å². The lowest BCUT2D eigenvalue weighted by molar-refractivity contribution is 0.0985. The van der Waals surface area contributed by atoms with Crippen molar-refractivity contribution in [3.8, 4) is 22.3 Å². The first-order chi connectivity index (χ1) is 14.8. The number of pyridine rings is 1. The van der Waals surface area contributed by atoms with E-state index >= 15 is 0 Å². The molecule has 4 aromatic heterocycles. The predicted molar refractivity (Wildman–Crippen MR) is 118 cm³/mol. The molecule has 0 amide bonds. The minimum absolute atomic E-state index is 0.462. The van der Waals surface area contributed by atoms with Crippen LogP contribution in [-0.2, 0) is 13.6 Å². The standard InChI is InChI=1S/C24H28FN5O/c1-15-22(16(2)31-28-15)18-9-21-23(26-10-18)20(19-11-27-29(4)13-19)14-30(21)12-17-5-7-24(3,25)8-6-17/h9-11,13-14,17H,5-8,12H2,1-4H3. The average Bonchev–Trinajstić information content (AvgIpc) is 3.41. The number of aromatic nitrogens is 5. The maximum atomic E-state index is 14.3. The molecule has 4 heterocycles. The van der Waals surface area contributed by atoms with Crippen molar-refractivity contribution in [1.29, 1.82) is 0 Å². The fourth-order valence-electron chi connectivity index (χ4n) is 4.86. The first-order valence-electron chi connectivity index (χ1n) is 10.9. The van der Waals surface area contributed by atoms with Crippen molar-refractivity contribution in [3.63, 3.8) is 0 Å². The molecule has 0 aliphatic heterocycles. The van der Waals surface area contributed by atoms with E-state index in [1.165, 1.54) is 0 Å². The van der Waals surface area contributed by atoms with Gasteiger partial charge in [-0.2, -0.15) is 5.10 Å². The summed E-state index contributed by atoms with van der Waals surface area (Å²) in [5.74, 6) is 1.25. The summed E-state index contributed by atoms with van der Waals surface area (Å²) >= 11 is 0. The van der Waals surface area contributed by atoms with Gasteiger partial charge in [0.2, 0.25) is 0 Å². The Morgan fingerprint density at radius 1 is 1.16 bits per heavy atom. The molecular weight excluding hydrogens is 393 g/mol. The van der Waals surface area contributed by atoms with Crippen molar-refractivity contribution < 1.29 is 8.91 Å². The molecule has 1 saturated carbocycles. The number of hydrogen-bond donors (Lipinski definition) is 0. The van der Waals surface area contributed by atoms with Crippen LogP contribution < -0.4 is 0 Å². The molecule has 31 heavy (non-hydrogen) atoms. The monoisotopic (exact) mass is 421 g/mol. The van der Waals surface area contributed by atoms with E-state index in [4.69, 9.17) is 9.51 Å². The summed E-state index contributed by atoms with van der Waals surface area (Å²) in [6.45, 7) is 6.47. The van der Waals surface area contributed by atoms with Crippen LogP contribution in [0.15, 0.2) is 35.4 Å². The van der Waals surface area contributed by atoms with Crippen molar-refractivity contribution in [2.24, 2.45) is 13.0 Å². The smallest absolute Gasteiger partial charge is 0.141 e. The molecule has 4 aromatic rings. The molecule has 5 rings (SSSR count). The molecule has 6 nitrogen and oxygen atoms in total. The molecule has 0 spiro atoms. The first-order valence-corrected chi connectivity index (χ1v) is 10.9. The van der Waals surface area contributed by atoms with Gasteiger partial charge >= 0.3 is 0 Å². The highest BCUT2D eigenvalue weighted by Crippen LogP contribution is 2.38. The van der Waals surface area contributed by atoms with E-state index in [0.29, 0.717) is 18.8 Å². The second kappa shape index (κ2) is 7.32. The molecular formula is C24H28FN5O. The van der Waals surface area contributed by atoms with Crippen LogP contribution in [-0.4, -0.2) is 30.2 Å². The van der Waals surface area contributed by atoms with E-state index < -0.39 is 5.67 Å². The summed E-state index contributed by atoms with van der Waals surface area (Å²) in [6.07, 6.45) is 11.0. The Balaban J connectivity index is 1.59. The zero-order valence-electron chi connectivity index (χ0n) is 18.5. The van der Waals surface area contributed by atoms with Crippen LogP contribution in [0.4, 0.5) is 4.39 Å². The molecule has 0 N–H and O–H groups in total. The van der Waals surface area contributed by atoms with E-state index in [-0.39, 0.29) is 0 Å². The van der Waals surface area contributed by atoms with Gasteiger partial charge in [0.15, 0.2) is 0 Å². The Morgan fingerprint density at radius 3 is 2.58 bits per heavy atom. The van der Waals surface area contributed by atoms with Gasteiger partial charge in [0.1, 0.15) is 11.4 Å². The van der Waals surface area contributed by atoms with Gasteiger partial charge < -0.3 is 9.09 Å². The summed E-state index contributed by atoms with van der Waals surface area (Å²) < 4.78 is 23.8. The SMILES string of the molecule is Cc1noc(C)c1-c1cnc2c(-c3cnn(C)c3)cn(CC3CCC(C)(F)CC3)c2c1. The minimum Gasteiger partial charge on any atom is -0.361 e. The average molecular weight is 422 g/mol. The fourth-order valence-corrected chi connectivity index (χ4v) is 4.86. The molecule has 0 unspecified atom stereocenters. The molecule has 0 radical (unpaired) electrons. The maximum Gasteiger partial charge on any atom is 0.141 e. The Bertz CT molecular complexity index is 1220. The molecule has 1 aliphatic carbocycles. The molecule has 0 atom stereocenters. The molecule has 1 fully saturated rings. The lowest BCUT2D eigenvalue weighted by Gasteiger charge is -2.31. The fraction of sp³-hybridized carbons (Fsp3) is 0.458. The lowest BCUT2D eigenvalue weighted by atomic mass is 9.81. The third-order valence-electron chi connectivity index (χ3n) is 6.66. The number of halogens is 1. The van der Waals surface area contributed by atoms with Gasteiger partial charge in [-0.05, 0) is 58.4 Å². The third-order valence-corrected chi connectivity index (χ3v) is 6.66. The van der Waals surface area contributed by atoms with Crippen molar-refractivity contribution in [2.45, 2.75) is 58.7 Å². The van der Waals surface area contributed by atoms with Gasteiger partial charge in [0.25, 0.3) is 0 Å². The van der Waals surface area contributed by atoms with Gasteiger partial charge in [-0.15, -0.1) is 0 Å². The van der Waals surface area contributed by atoms with Crippen LogP contribution >= 0.6 is 0 Å². The van der Waals surface area contributed by atoms with E-state index in [2.05, 4.69) is 27.1 Å². The zero-order valence-corrected chi connectivity index (χ0v) is 18.5. The lowest BCUT2D eigenvalue weighted by Crippen LogP contribution is -2.27. The van der Waals surface area contributed by atoms with Gasteiger partial charge in [-0.1, -0.05) is 5.16 Å². The summed E-state index contributed by atoms with van der Waals surface area (Å²) in [5.41, 5.74) is 5.98. The van der Waals surface area contributed by atoms with Crippen molar-refractivity contribution in [3.05, 3.63) is 42.3 Å². The maximum absolute atomic E-state index is 14.3. The Labute approximate surface area is 181 Å². The summed E-state index contributed by atoms with van der Waals surface area (Å²) in [7, 11) is 1.92. The number of hydrogen-bond acceptors (Lipinski definition) is 4. The van der Waals surface area contributed by atoms with Gasteiger partial charge in [-0.25, -0.2) is 4.39 Å². The number of alkyl halides is 1. The Kier molecular flexibility index (Phi) is 4.72. The third kappa shape index (κ3) is 3.66. The highest BCUT2D eigenvalue weighted by molar-refractivity contribution is 5.94. The summed E-state index contributed by atoms with van der Waals surface area (Å²) in [4.78, 5) is 4.85. The number of nitrogens with zero attached hydrogens (tertiary/aromatic N) is 5. The predicted octanol–water partition coefficient (Wildman–Crippen LogP) is 5.63. The van der Waals surface area contributed by atoms with Crippen LogP contribution in [0.5, 0.6) is 0 Å². The van der Waals surface area contributed by atoms with Crippen LogP contribution in [0.2, 0.25) is 0 Å². The van der Waals surface area contributed by atoms with E-state index in [9.17, 15) is 4.39 Å². The Morgan fingerprint density at radius 2 is 1.94 bits per heavy atom. The molecule has 0 aromatic carbocycles. The molecule has 0 bridgehead atoms. The van der Waals surface area contributed by atoms with Crippen LogP contribution in [0, 0.1) is 19.8 Å². The zero-order chi connectivity index (χ0) is 21.8. The minimum atomic E-state index is -1.02. The van der Waals surface area contributed by atoms with Crippen molar-refractivity contribution >= 4 is 11.0 Å². The second-order valence-corrected chi connectivity index (χ2v) is 9.25. The van der Waals surface area contributed by atoms with Gasteiger partial charge in [-0.3, -0.25) is 9.67 Å². The largest absolute Gasteiger partial charge is 0.361 e. The summed E-state index contributed by atoms with van der Waals surface area (Å²) in [6, 6.07) is 2.18. The van der Waals surface area contributed by atoms with E-state index in [1.54, 1.807) is 11.6 Å². The number of fused-ring (bicyclic) bond motifs is 1. The van der Waals surface area contributed by atoms with E-state index in [0.717, 1.165) is 64.1 Å².